The largest absolute Gasteiger partial charge is 0.378 e. The van der Waals surface area contributed by atoms with Crippen molar-refractivity contribution in [2.75, 3.05) is 5.32 Å². The van der Waals surface area contributed by atoms with E-state index in [2.05, 4.69) is 5.32 Å². The number of nitrogens with one attached hydrogen (secondary N) is 1. The fourth-order valence-corrected chi connectivity index (χ4v) is 1.98. The Morgan fingerprint density at radius 3 is 2.43 bits per heavy atom. The van der Waals surface area contributed by atoms with Crippen molar-refractivity contribution < 1.29 is 18.0 Å². The van der Waals surface area contributed by atoms with Crippen LogP contribution in [0.5, 0.6) is 0 Å². The maximum absolute atomic E-state index is 13.7. The van der Waals surface area contributed by atoms with Gasteiger partial charge in [0.25, 0.3) is 5.91 Å². The van der Waals surface area contributed by atoms with E-state index in [0.29, 0.717) is 5.69 Å². The van der Waals surface area contributed by atoms with Gasteiger partial charge in [0, 0.05) is 11.3 Å². The van der Waals surface area contributed by atoms with E-state index in [-0.39, 0.29) is 11.1 Å². The van der Waals surface area contributed by atoms with Gasteiger partial charge in [-0.1, -0.05) is 0 Å². The summed E-state index contributed by atoms with van der Waals surface area (Å²) in [6, 6.07) is 6.24. The minimum Gasteiger partial charge on any atom is -0.378 e. The smallest absolute Gasteiger partial charge is 0.251 e. The van der Waals surface area contributed by atoms with Crippen LogP contribution in [0.4, 0.5) is 18.9 Å². The summed E-state index contributed by atoms with van der Waals surface area (Å²) in [7, 11) is 0. The topological polar surface area (TPSA) is 55.1 Å². The van der Waals surface area contributed by atoms with Crippen molar-refractivity contribution in [2.24, 2.45) is 5.73 Å². The molecule has 1 atom stereocenters. The molecule has 2 aromatic rings. The second kappa shape index (κ2) is 5.87. The van der Waals surface area contributed by atoms with Crippen molar-refractivity contribution in [1.82, 2.24) is 0 Å². The van der Waals surface area contributed by atoms with Gasteiger partial charge < -0.3 is 11.1 Å². The highest BCUT2D eigenvalue weighted by Crippen LogP contribution is 2.23. The van der Waals surface area contributed by atoms with E-state index in [1.54, 1.807) is 6.92 Å². The van der Waals surface area contributed by atoms with Gasteiger partial charge in [0.05, 0.1) is 11.6 Å². The standard InChI is InChI=1S/C15H13F3N2O/c1-8(11-6-9(16)2-4-13(11)17)20-10-3-5-14(18)12(7-10)15(19)21/h2-8,20H,1H3,(H2,19,21). The molecule has 0 aliphatic carbocycles. The lowest BCUT2D eigenvalue weighted by Gasteiger charge is -2.17. The fourth-order valence-electron chi connectivity index (χ4n) is 1.98. The molecule has 110 valence electrons. The van der Waals surface area contributed by atoms with E-state index in [1.165, 1.54) is 12.1 Å². The molecule has 0 spiro atoms. The summed E-state index contributed by atoms with van der Waals surface area (Å²) < 4.78 is 40.2. The number of amides is 1. The number of benzene rings is 2. The molecule has 1 amide bonds. The van der Waals surface area contributed by atoms with Crippen LogP contribution in [0.3, 0.4) is 0 Å². The van der Waals surface area contributed by atoms with Gasteiger partial charge in [-0.15, -0.1) is 0 Å². The molecule has 21 heavy (non-hydrogen) atoms. The summed E-state index contributed by atoms with van der Waals surface area (Å²) >= 11 is 0. The van der Waals surface area contributed by atoms with Crippen molar-refractivity contribution >= 4 is 11.6 Å². The van der Waals surface area contributed by atoms with Crippen LogP contribution in [0.1, 0.15) is 28.9 Å². The van der Waals surface area contributed by atoms with E-state index in [9.17, 15) is 18.0 Å². The minimum atomic E-state index is -0.902. The van der Waals surface area contributed by atoms with Crippen molar-refractivity contribution in [2.45, 2.75) is 13.0 Å². The highest BCUT2D eigenvalue weighted by molar-refractivity contribution is 5.94. The predicted molar refractivity (Wildman–Crippen MR) is 73.3 cm³/mol. The summed E-state index contributed by atoms with van der Waals surface area (Å²) in [6.07, 6.45) is 0. The summed E-state index contributed by atoms with van der Waals surface area (Å²) in [5.41, 5.74) is 5.28. The third-order valence-electron chi connectivity index (χ3n) is 3.04. The monoisotopic (exact) mass is 294 g/mol. The SMILES string of the molecule is CC(Nc1ccc(F)c(C(N)=O)c1)c1cc(F)ccc1F. The number of hydrogen-bond donors (Lipinski definition) is 2. The molecule has 0 radical (unpaired) electrons. The maximum Gasteiger partial charge on any atom is 0.251 e. The summed E-state index contributed by atoms with van der Waals surface area (Å²) in [6.45, 7) is 1.62. The van der Waals surface area contributed by atoms with Crippen LogP contribution in [0.25, 0.3) is 0 Å². The molecule has 0 fully saturated rings. The summed E-state index contributed by atoms with van der Waals surface area (Å²) in [5.74, 6) is -2.76. The van der Waals surface area contributed by atoms with Crippen molar-refractivity contribution in [3.05, 3.63) is 65.0 Å². The Balaban J connectivity index is 2.27. The molecule has 0 aliphatic heterocycles. The number of halogens is 3. The molecule has 0 aromatic heterocycles. The molecule has 0 bridgehead atoms. The quantitative estimate of drug-likeness (QED) is 0.908. The molecule has 2 rings (SSSR count). The van der Waals surface area contributed by atoms with Crippen LogP contribution in [0.15, 0.2) is 36.4 Å². The summed E-state index contributed by atoms with van der Waals surface area (Å²) in [4.78, 5) is 11.1. The lowest BCUT2D eigenvalue weighted by molar-refractivity contribution is 0.0996. The zero-order chi connectivity index (χ0) is 15.6. The second-order valence-electron chi connectivity index (χ2n) is 4.59. The van der Waals surface area contributed by atoms with E-state index in [1.807, 2.05) is 0 Å². The van der Waals surface area contributed by atoms with Gasteiger partial charge >= 0.3 is 0 Å². The highest BCUT2D eigenvalue weighted by Gasteiger charge is 2.14. The van der Waals surface area contributed by atoms with Crippen LogP contribution in [0.2, 0.25) is 0 Å². The molecular weight excluding hydrogens is 281 g/mol. The Morgan fingerprint density at radius 2 is 1.76 bits per heavy atom. The molecule has 1 unspecified atom stereocenters. The number of hydrogen-bond acceptors (Lipinski definition) is 2. The van der Waals surface area contributed by atoms with Crippen LogP contribution in [-0.4, -0.2) is 5.91 Å². The Morgan fingerprint density at radius 1 is 1.10 bits per heavy atom. The highest BCUT2D eigenvalue weighted by atomic mass is 19.1. The number of anilines is 1. The zero-order valence-electron chi connectivity index (χ0n) is 11.2. The van der Waals surface area contributed by atoms with Crippen LogP contribution < -0.4 is 11.1 Å². The van der Waals surface area contributed by atoms with Crippen LogP contribution in [0, 0.1) is 17.5 Å². The average Bonchev–Trinajstić information content (AvgIpc) is 2.43. The molecule has 0 heterocycles. The molecule has 6 heteroatoms. The first-order valence-corrected chi connectivity index (χ1v) is 6.19. The lowest BCUT2D eigenvalue weighted by atomic mass is 10.1. The van der Waals surface area contributed by atoms with E-state index in [4.69, 9.17) is 5.73 Å². The van der Waals surface area contributed by atoms with Gasteiger partial charge in [0.2, 0.25) is 0 Å². The third-order valence-corrected chi connectivity index (χ3v) is 3.04. The van der Waals surface area contributed by atoms with Crippen LogP contribution >= 0.6 is 0 Å². The Hall–Kier alpha value is -2.50. The summed E-state index contributed by atoms with van der Waals surface area (Å²) in [5, 5.41) is 2.87. The molecular formula is C15H13F3N2O. The van der Waals surface area contributed by atoms with Crippen molar-refractivity contribution in [3.8, 4) is 0 Å². The second-order valence-corrected chi connectivity index (χ2v) is 4.59. The number of carbonyl (C=O) groups excluding carboxylic acids is 1. The molecule has 3 N–H and O–H groups in total. The van der Waals surface area contributed by atoms with Gasteiger partial charge in [-0.05, 0) is 43.3 Å². The number of primary amides is 1. The third kappa shape index (κ3) is 3.34. The van der Waals surface area contributed by atoms with Gasteiger partial charge in [-0.25, -0.2) is 13.2 Å². The van der Waals surface area contributed by atoms with Crippen LogP contribution in [-0.2, 0) is 0 Å². The van der Waals surface area contributed by atoms with Gasteiger partial charge in [0.1, 0.15) is 17.5 Å². The predicted octanol–water partition coefficient (Wildman–Crippen LogP) is 3.38. The normalized spacial score (nSPS) is 12.0. The zero-order valence-corrected chi connectivity index (χ0v) is 11.2. The molecule has 0 saturated heterocycles. The number of carbonyl (C=O) groups is 1. The molecule has 0 aliphatic rings. The number of rotatable bonds is 4. The maximum atomic E-state index is 13.7. The van der Waals surface area contributed by atoms with Gasteiger partial charge in [-0.2, -0.15) is 0 Å². The lowest BCUT2D eigenvalue weighted by Crippen LogP contribution is -2.14. The van der Waals surface area contributed by atoms with E-state index >= 15 is 0 Å². The van der Waals surface area contributed by atoms with E-state index < -0.39 is 29.4 Å². The first-order chi connectivity index (χ1) is 9.88. The number of nitrogens with two attached hydrogens (primary N) is 1. The van der Waals surface area contributed by atoms with Crippen molar-refractivity contribution in [1.29, 1.82) is 0 Å². The van der Waals surface area contributed by atoms with Gasteiger partial charge in [0.15, 0.2) is 0 Å². The molecule has 3 nitrogen and oxygen atoms in total. The first-order valence-electron chi connectivity index (χ1n) is 6.19. The Kier molecular flexibility index (Phi) is 4.16. The average molecular weight is 294 g/mol. The Bertz CT molecular complexity index is 689. The first kappa shape index (κ1) is 14.9. The Labute approximate surface area is 119 Å². The minimum absolute atomic E-state index is 0.125. The fraction of sp³-hybridized carbons (Fsp3) is 0.133. The van der Waals surface area contributed by atoms with Gasteiger partial charge in [-0.3, -0.25) is 4.79 Å². The molecule has 2 aromatic carbocycles. The molecule has 0 saturated carbocycles. The van der Waals surface area contributed by atoms with Crippen molar-refractivity contribution in [3.63, 3.8) is 0 Å². The van der Waals surface area contributed by atoms with E-state index in [0.717, 1.165) is 24.3 Å².